The number of amides is 1. The number of para-hydroxylation sites is 1. The van der Waals surface area contributed by atoms with Crippen molar-refractivity contribution in [1.82, 2.24) is 9.97 Å². The summed E-state index contributed by atoms with van der Waals surface area (Å²) in [6, 6.07) is 16.9. The number of methoxy groups -OCH3 is 1. The Labute approximate surface area is 165 Å². The summed E-state index contributed by atoms with van der Waals surface area (Å²) in [5, 5.41) is 6.17. The number of nitrogens with zero attached hydrogens (tertiary/aromatic N) is 2. The van der Waals surface area contributed by atoms with Crippen molar-refractivity contribution >= 4 is 23.1 Å². The Hall–Kier alpha value is -3.41. The highest BCUT2D eigenvalue weighted by molar-refractivity contribution is 6.03. The first-order valence-electron chi connectivity index (χ1n) is 9.13. The zero-order valence-corrected chi connectivity index (χ0v) is 16.5. The molecule has 2 N–H and O–H groups in total. The predicted molar refractivity (Wildman–Crippen MR) is 112 cm³/mol. The van der Waals surface area contributed by atoms with E-state index < -0.39 is 0 Å². The van der Waals surface area contributed by atoms with Gasteiger partial charge in [-0.05, 0) is 48.7 Å². The lowest BCUT2D eigenvalue weighted by molar-refractivity contribution is 0.102. The number of aryl methyl sites for hydroxylation is 1. The van der Waals surface area contributed by atoms with Crippen molar-refractivity contribution in [2.45, 2.75) is 26.7 Å². The molecule has 28 heavy (non-hydrogen) atoms. The van der Waals surface area contributed by atoms with E-state index in [1.165, 1.54) is 5.56 Å². The predicted octanol–water partition coefficient (Wildman–Crippen LogP) is 4.91. The van der Waals surface area contributed by atoms with Gasteiger partial charge in [0, 0.05) is 17.4 Å². The van der Waals surface area contributed by atoms with Crippen molar-refractivity contribution < 1.29 is 9.53 Å². The quantitative estimate of drug-likeness (QED) is 0.639. The Morgan fingerprint density at radius 1 is 1.04 bits per heavy atom. The van der Waals surface area contributed by atoms with Crippen LogP contribution in [-0.2, 0) is 0 Å². The molecular formula is C22H24N4O2. The number of anilines is 3. The van der Waals surface area contributed by atoms with E-state index in [0.29, 0.717) is 28.9 Å². The average molecular weight is 376 g/mol. The van der Waals surface area contributed by atoms with Crippen LogP contribution in [0.25, 0.3) is 0 Å². The summed E-state index contributed by atoms with van der Waals surface area (Å²) in [7, 11) is 1.60. The first-order chi connectivity index (χ1) is 13.5. The van der Waals surface area contributed by atoms with Gasteiger partial charge in [-0.3, -0.25) is 4.79 Å². The van der Waals surface area contributed by atoms with Gasteiger partial charge in [0.05, 0.1) is 7.11 Å². The molecule has 0 bridgehead atoms. The molecule has 2 aromatic carbocycles. The fraction of sp³-hybridized carbons (Fsp3) is 0.227. The summed E-state index contributed by atoms with van der Waals surface area (Å²) in [6.07, 6.45) is 0. The number of hydrogen-bond acceptors (Lipinski definition) is 5. The molecule has 6 nitrogen and oxygen atoms in total. The van der Waals surface area contributed by atoms with Crippen molar-refractivity contribution in [3.05, 3.63) is 71.7 Å². The number of nitrogens with one attached hydrogen (secondary N) is 2. The Morgan fingerprint density at radius 2 is 1.75 bits per heavy atom. The van der Waals surface area contributed by atoms with E-state index >= 15 is 0 Å². The number of carbonyl (C=O) groups is 1. The van der Waals surface area contributed by atoms with Gasteiger partial charge >= 0.3 is 0 Å². The third-order valence-corrected chi connectivity index (χ3v) is 4.26. The van der Waals surface area contributed by atoms with Crippen LogP contribution < -0.4 is 15.4 Å². The molecule has 0 radical (unpaired) electrons. The lowest BCUT2D eigenvalue weighted by atomic mass is 10.0. The van der Waals surface area contributed by atoms with Crippen LogP contribution in [0.2, 0.25) is 0 Å². The van der Waals surface area contributed by atoms with Gasteiger partial charge in [-0.15, -0.1) is 0 Å². The minimum Gasteiger partial charge on any atom is -0.497 e. The normalized spacial score (nSPS) is 10.6. The van der Waals surface area contributed by atoms with Crippen LogP contribution in [0.5, 0.6) is 5.75 Å². The Kier molecular flexibility index (Phi) is 5.89. The lowest BCUT2D eigenvalue weighted by Crippen LogP contribution is -2.15. The summed E-state index contributed by atoms with van der Waals surface area (Å²) in [5.74, 6) is 1.90. The minimum atomic E-state index is -0.295. The summed E-state index contributed by atoms with van der Waals surface area (Å²) in [4.78, 5) is 21.3. The Morgan fingerprint density at radius 3 is 2.43 bits per heavy atom. The highest BCUT2D eigenvalue weighted by Crippen LogP contribution is 2.26. The zero-order chi connectivity index (χ0) is 20.1. The molecule has 0 unspecified atom stereocenters. The topological polar surface area (TPSA) is 76.1 Å². The molecule has 0 saturated carbocycles. The number of aromatic nitrogens is 2. The molecule has 1 amide bonds. The minimum absolute atomic E-state index is 0.295. The van der Waals surface area contributed by atoms with Crippen molar-refractivity contribution in [2.24, 2.45) is 0 Å². The third-order valence-electron chi connectivity index (χ3n) is 4.26. The fourth-order valence-corrected chi connectivity index (χ4v) is 2.87. The van der Waals surface area contributed by atoms with Gasteiger partial charge in [-0.25, -0.2) is 9.97 Å². The van der Waals surface area contributed by atoms with Crippen LogP contribution in [-0.4, -0.2) is 23.0 Å². The molecule has 1 heterocycles. The lowest BCUT2D eigenvalue weighted by Gasteiger charge is -2.15. The second-order valence-electron chi connectivity index (χ2n) is 6.74. The van der Waals surface area contributed by atoms with Crippen molar-refractivity contribution in [3.63, 3.8) is 0 Å². The van der Waals surface area contributed by atoms with Gasteiger partial charge in [0.15, 0.2) is 0 Å². The molecule has 0 aliphatic rings. The van der Waals surface area contributed by atoms with E-state index in [0.717, 1.165) is 11.4 Å². The van der Waals surface area contributed by atoms with E-state index in [9.17, 15) is 4.79 Å². The van der Waals surface area contributed by atoms with Gasteiger partial charge < -0.3 is 15.4 Å². The molecule has 0 spiro atoms. The van der Waals surface area contributed by atoms with Crippen LogP contribution in [0.15, 0.2) is 54.6 Å². The molecule has 0 atom stereocenters. The monoisotopic (exact) mass is 376 g/mol. The molecule has 3 aromatic rings. The third kappa shape index (κ3) is 4.65. The molecule has 0 aliphatic heterocycles. The number of carbonyl (C=O) groups excluding carboxylic acids is 1. The smallest absolute Gasteiger partial charge is 0.274 e. The van der Waals surface area contributed by atoms with E-state index in [2.05, 4.69) is 40.5 Å². The average Bonchev–Trinajstić information content (AvgIpc) is 2.68. The highest BCUT2D eigenvalue weighted by atomic mass is 16.5. The van der Waals surface area contributed by atoms with Crippen molar-refractivity contribution in [3.8, 4) is 5.75 Å². The maximum absolute atomic E-state index is 12.6. The molecule has 3 rings (SSSR count). The SMILES string of the molecule is COc1ccc(NC(=O)c2cc(Nc3ccccc3C(C)C)nc(C)n2)cc1. The van der Waals surface area contributed by atoms with Crippen molar-refractivity contribution in [2.75, 3.05) is 17.7 Å². The largest absolute Gasteiger partial charge is 0.497 e. The van der Waals surface area contributed by atoms with Crippen LogP contribution in [0.4, 0.5) is 17.2 Å². The number of ether oxygens (including phenoxy) is 1. The summed E-state index contributed by atoms with van der Waals surface area (Å²) in [6.45, 7) is 6.04. The molecule has 6 heteroatoms. The molecule has 0 saturated heterocycles. The molecule has 0 fully saturated rings. The van der Waals surface area contributed by atoms with Crippen LogP contribution >= 0.6 is 0 Å². The van der Waals surface area contributed by atoms with Gasteiger partial charge in [-0.1, -0.05) is 32.0 Å². The van der Waals surface area contributed by atoms with Gasteiger partial charge in [0.25, 0.3) is 5.91 Å². The standard InChI is InChI=1S/C22H24N4O2/c1-14(2)18-7-5-6-8-19(18)26-21-13-20(23-15(3)24-21)22(27)25-16-9-11-17(28-4)12-10-16/h5-14H,1-4H3,(H,25,27)(H,23,24,26). The van der Waals surface area contributed by atoms with Crippen LogP contribution in [0.1, 0.15) is 41.6 Å². The number of hydrogen-bond donors (Lipinski definition) is 2. The fourth-order valence-electron chi connectivity index (χ4n) is 2.87. The second kappa shape index (κ2) is 8.52. The Balaban J connectivity index is 1.82. The Bertz CT molecular complexity index is 969. The van der Waals surface area contributed by atoms with Gasteiger partial charge in [0.2, 0.25) is 0 Å². The number of benzene rings is 2. The molecule has 144 valence electrons. The van der Waals surface area contributed by atoms with Crippen LogP contribution in [0.3, 0.4) is 0 Å². The van der Waals surface area contributed by atoms with Crippen LogP contribution in [0, 0.1) is 6.92 Å². The highest BCUT2D eigenvalue weighted by Gasteiger charge is 2.13. The summed E-state index contributed by atoms with van der Waals surface area (Å²) in [5.41, 5.74) is 3.12. The molecule has 1 aromatic heterocycles. The maximum atomic E-state index is 12.6. The van der Waals surface area contributed by atoms with Gasteiger partial charge in [0.1, 0.15) is 23.1 Å². The van der Waals surface area contributed by atoms with Crippen molar-refractivity contribution in [1.29, 1.82) is 0 Å². The van der Waals surface area contributed by atoms with E-state index in [1.807, 2.05) is 18.2 Å². The molecule has 0 aliphatic carbocycles. The van der Waals surface area contributed by atoms with Gasteiger partial charge in [-0.2, -0.15) is 0 Å². The maximum Gasteiger partial charge on any atom is 0.274 e. The number of rotatable bonds is 6. The second-order valence-corrected chi connectivity index (χ2v) is 6.74. The first-order valence-corrected chi connectivity index (χ1v) is 9.13. The van der Waals surface area contributed by atoms with E-state index in [1.54, 1.807) is 44.4 Å². The summed E-state index contributed by atoms with van der Waals surface area (Å²) < 4.78 is 5.13. The summed E-state index contributed by atoms with van der Waals surface area (Å²) >= 11 is 0. The van der Waals surface area contributed by atoms with E-state index in [4.69, 9.17) is 4.74 Å². The van der Waals surface area contributed by atoms with E-state index in [-0.39, 0.29) is 5.91 Å². The first kappa shape index (κ1) is 19.4. The molecular weight excluding hydrogens is 352 g/mol. The zero-order valence-electron chi connectivity index (χ0n) is 16.5.